The predicted molar refractivity (Wildman–Crippen MR) is 249 cm³/mol. The first-order valence-electron chi connectivity index (χ1n) is 24.6. The van der Waals surface area contributed by atoms with Crippen LogP contribution in [0.1, 0.15) is 133 Å². The molecule has 1 amide bonds. The number of aliphatic hydroxyl groups excluding tert-OH is 2. The van der Waals surface area contributed by atoms with Gasteiger partial charge in [-0.25, -0.2) is 0 Å². The molecule has 0 radical (unpaired) electrons. The van der Waals surface area contributed by atoms with Crippen molar-refractivity contribution >= 4 is 11.6 Å². The molecule has 0 unspecified atom stereocenters. The van der Waals surface area contributed by atoms with Crippen LogP contribution in [0.2, 0.25) is 0 Å². The minimum atomic E-state index is -1.33. The number of unbranched alkanes of at least 4 members (excludes halogenated alkanes) is 10. The molecular weight excluding hydrogens is 811 g/mol. The highest BCUT2D eigenvalue weighted by atomic mass is 16.7. The lowest BCUT2D eigenvalue weighted by atomic mass is 9.55. The van der Waals surface area contributed by atoms with E-state index in [0.717, 1.165) is 105 Å². The van der Waals surface area contributed by atoms with E-state index in [-0.39, 0.29) is 56.2 Å². The van der Waals surface area contributed by atoms with Crippen molar-refractivity contribution in [2.75, 3.05) is 60.0 Å². The lowest BCUT2D eigenvalue weighted by molar-refractivity contribution is -0.258. The molecule has 12 heteroatoms. The Morgan fingerprint density at radius 3 is 2.39 bits per heavy atom. The minimum Gasteiger partial charge on any atom is -0.492 e. The van der Waals surface area contributed by atoms with Gasteiger partial charge in [-0.3, -0.25) is 9.69 Å². The van der Waals surface area contributed by atoms with Crippen LogP contribution >= 0.6 is 0 Å². The summed E-state index contributed by atoms with van der Waals surface area (Å²) in [5.41, 5.74) is 3.78. The number of fused-ring (bicyclic) bond motifs is 3. The second-order valence-corrected chi connectivity index (χ2v) is 18.4. The number of amides is 1. The largest absolute Gasteiger partial charge is 0.492 e. The molecule has 0 aromatic heterocycles. The molecule has 3 aliphatic heterocycles. The number of hydrogen-bond donors (Lipinski definition) is 2. The molecule has 7 rings (SSSR count). The van der Waals surface area contributed by atoms with Crippen molar-refractivity contribution in [3.05, 3.63) is 71.8 Å². The number of hydrogen-bond acceptors (Lipinski definition) is 11. The average molecular weight is 886 g/mol. The van der Waals surface area contributed by atoms with Crippen LogP contribution in [0.25, 0.3) is 0 Å². The fourth-order valence-electron chi connectivity index (χ4n) is 10.8. The van der Waals surface area contributed by atoms with E-state index in [9.17, 15) is 10.2 Å². The quantitative estimate of drug-likeness (QED) is 0.0353. The topological polar surface area (TPSA) is 132 Å². The van der Waals surface area contributed by atoms with E-state index in [2.05, 4.69) is 30.5 Å². The van der Waals surface area contributed by atoms with Gasteiger partial charge in [-0.1, -0.05) is 94.5 Å². The number of benzene rings is 2. The van der Waals surface area contributed by atoms with E-state index < -0.39 is 11.8 Å². The van der Waals surface area contributed by atoms with Crippen molar-refractivity contribution in [2.45, 2.75) is 140 Å². The van der Waals surface area contributed by atoms with Gasteiger partial charge in [0.25, 0.3) is 0 Å². The van der Waals surface area contributed by atoms with Crippen LogP contribution in [0, 0.1) is 17.8 Å². The Balaban J connectivity index is 1.31. The monoisotopic (exact) mass is 886 g/mol. The highest BCUT2D eigenvalue weighted by Gasteiger charge is 2.65. The van der Waals surface area contributed by atoms with Crippen molar-refractivity contribution in [1.29, 1.82) is 0 Å². The zero-order valence-corrected chi connectivity index (χ0v) is 38.7. The minimum absolute atomic E-state index is 0.0367. The molecule has 352 valence electrons. The smallest absolute Gasteiger partial charge is 0.239 e. The molecule has 2 aromatic rings. The molecule has 2 aromatic carbocycles. The maximum atomic E-state index is 15.2. The number of carbonyl (C=O) groups excluding carboxylic acids is 1. The molecule has 2 aliphatic carbocycles. The third kappa shape index (κ3) is 11.6. The van der Waals surface area contributed by atoms with Crippen LogP contribution in [0.4, 0.5) is 0 Å². The van der Waals surface area contributed by atoms with Gasteiger partial charge >= 0.3 is 0 Å². The van der Waals surface area contributed by atoms with Crippen LogP contribution in [-0.2, 0) is 20.9 Å². The van der Waals surface area contributed by atoms with Gasteiger partial charge in [0.2, 0.25) is 18.5 Å². The van der Waals surface area contributed by atoms with Crippen LogP contribution in [0.15, 0.2) is 65.9 Å². The Morgan fingerprint density at radius 1 is 0.922 bits per heavy atom. The average Bonchev–Trinajstić information content (AvgIpc) is 4.01. The van der Waals surface area contributed by atoms with E-state index in [0.29, 0.717) is 43.9 Å². The van der Waals surface area contributed by atoms with Crippen LogP contribution in [0.3, 0.4) is 0 Å². The highest BCUT2D eigenvalue weighted by molar-refractivity contribution is 6.03. The van der Waals surface area contributed by atoms with Gasteiger partial charge in [0.05, 0.1) is 18.2 Å². The molecule has 2 N–H and O–H groups in total. The fourth-order valence-corrected chi connectivity index (χ4v) is 10.8. The number of nitrogens with zero attached hydrogens (tertiary/aromatic N) is 3. The first kappa shape index (κ1) is 47.9. The number of allylic oxidation sites excluding steroid dienone is 1. The van der Waals surface area contributed by atoms with Crippen molar-refractivity contribution in [3.8, 4) is 23.0 Å². The van der Waals surface area contributed by atoms with Gasteiger partial charge in [0.15, 0.2) is 11.5 Å². The second-order valence-electron chi connectivity index (χ2n) is 18.4. The van der Waals surface area contributed by atoms with Gasteiger partial charge in [0.1, 0.15) is 31.3 Å². The zero-order valence-electron chi connectivity index (χ0n) is 38.7. The summed E-state index contributed by atoms with van der Waals surface area (Å²) in [4.78, 5) is 25.2. The van der Waals surface area contributed by atoms with Gasteiger partial charge < -0.3 is 43.6 Å². The van der Waals surface area contributed by atoms with E-state index in [1.807, 2.05) is 35.2 Å². The zero-order chi connectivity index (χ0) is 44.7. The molecule has 5 aliphatic rings. The van der Waals surface area contributed by atoms with Crippen LogP contribution in [0.5, 0.6) is 23.0 Å². The second kappa shape index (κ2) is 23.9. The molecule has 1 saturated heterocycles. The van der Waals surface area contributed by atoms with Gasteiger partial charge in [-0.05, 0) is 85.4 Å². The normalized spacial score (nSPS) is 24.7. The maximum absolute atomic E-state index is 15.2. The lowest BCUT2D eigenvalue weighted by Gasteiger charge is -2.60. The molecular formula is C52H75N3O9. The van der Waals surface area contributed by atoms with E-state index >= 15 is 4.79 Å². The highest BCUT2D eigenvalue weighted by Crippen LogP contribution is 2.62. The Labute approximate surface area is 381 Å². The standard InChI is InChI=1S/C52H75N3O9/c1-4-6-7-8-9-10-11-12-13-20-49(58)55(36-38-21-23-46-47(32-38)62-37-61-46)48-35-44(53-59-3)42-33-39(18-14-16-28-56)41(19-15-17-29-57)50-43-34-40(60-31-27-54-25-26-54)22-24-45(43)64-52(48,51(42)50)63-30-5-2/h5,21-24,32-34,39,41,48,50-51,56-57H,2,4,6-20,25-31,35-37H2,1,3H3/t39-,41+,48-,50+,51+,52+/m0/s1. The number of aliphatic hydroxyl groups is 2. The Kier molecular flexibility index (Phi) is 17.9. The predicted octanol–water partition coefficient (Wildman–Crippen LogP) is 9.32. The van der Waals surface area contributed by atoms with Crippen molar-refractivity contribution in [3.63, 3.8) is 0 Å². The molecule has 0 spiro atoms. The van der Waals surface area contributed by atoms with E-state index in [1.165, 1.54) is 38.5 Å². The lowest BCUT2D eigenvalue weighted by Crippen LogP contribution is -2.70. The first-order chi connectivity index (χ1) is 31.4. The summed E-state index contributed by atoms with van der Waals surface area (Å²) in [6.45, 7) is 11.0. The van der Waals surface area contributed by atoms with E-state index in [1.54, 1.807) is 13.2 Å². The van der Waals surface area contributed by atoms with Gasteiger partial charge in [-0.2, -0.15) is 0 Å². The van der Waals surface area contributed by atoms with Crippen LogP contribution < -0.4 is 18.9 Å². The Hall–Kier alpha value is -4.10. The van der Waals surface area contributed by atoms with Crippen molar-refractivity contribution < 1.29 is 43.5 Å². The molecule has 0 bridgehead atoms. The number of carbonyl (C=O) groups is 1. The molecule has 12 nitrogen and oxygen atoms in total. The first-order valence-corrected chi connectivity index (χ1v) is 24.6. The van der Waals surface area contributed by atoms with Gasteiger partial charge in [-0.15, -0.1) is 6.58 Å². The van der Waals surface area contributed by atoms with Crippen molar-refractivity contribution in [2.24, 2.45) is 22.9 Å². The van der Waals surface area contributed by atoms with Crippen molar-refractivity contribution in [1.82, 2.24) is 9.80 Å². The molecule has 3 heterocycles. The summed E-state index contributed by atoms with van der Waals surface area (Å²) in [6.07, 6.45) is 20.2. The van der Waals surface area contributed by atoms with E-state index in [4.69, 9.17) is 33.7 Å². The summed E-state index contributed by atoms with van der Waals surface area (Å²) < 4.78 is 32.6. The molecule has 1 saturated carbocycles. The summed E-state index contributed by atoms with van der Waals surface area (Å²) in [6, 6.07) is 11.5. The fraction of sp³-hybridized carbons (Fsp3) is 0.654. The summed E-state index contributed by atoms with van der Waals surface area (Å²) in [5, 5.41) is 24.7. The third-order valence-electron chi connectivity index (χ3n) is 14.0. The Bertz CT molecular complexity index is 1880. The molecule has 64 heavy (non-hydrogen) atoms. The number of ether oxygens (including phenoxy) is 5. The van der Waals surface area contributed by atoms with Crippen LogP contribution in [-0.4, -0.2) is 103 Å². The molecule has 2 fully saturated rings. The number of oxime groups is 1. The summed E-state index contributed by atoms with van der Waals surface area (Å²) >= 11 is 0. The molecule has 6 atom stereocenters. The third-order valence-corrected chi connectivity index (χ3v) is 14.0. The SMILES string of the molecule is C=CCO[C@@]12Oc3ccc(OCCN4CC4)cc3[C@H]3[C@H](CCCCO)[C@@H](CCCCO)C=C(C(=NOC)C[C@@H]1N(Cc1ccc4c(c1)OCO4)C(=O)CCCCCCCCCCC)[C@H]32. The number of rotatable bonds is 29. The Morgan fingerprint density at radius 2 is 1.66 bits per heavy atom. The maximum Gasteiger partial charge on any atom is 0.239 e. The van der Waals surface area contributed by atoms with Gasteiger partial charge in [0, 0.05) is 63.7 Å². The summed E-state index contributed by atoms with van der Waals surface area (Å²) in [5.74, 6) is 1.35. The summed E-state index contributed by atoms with van der Waals surface area (Å²) in [7, 11) is 1.59.